The van der Waals surface area contributed by atoms with E-state index in [1.165, 1.54) is 11.6 Å². The van der Waals surface area contributed by atoms with Gasteiger partial charge in [-0.25, -0.2) is 4.79 Å². The van der Waals surface area contributed by atoms with Gasteiger partial charge in [0, 0.05) is 6.04 Å². The van der Waals surface area contributed by atoms with Gasteiger partial charge in [-0.1, -0.05) is 0 Å². The summed E-state index contributed by atoms with van der Waals surface area (Å²) in [5.74, 6) is -0.973. The summed E-state index contributed by atoms with van der Waals surface area (Å²) >= 11 is 1.64. The van der Waals surface area contributed by atoms with Gasteiger partial charge < -0.3 is 16.2 Å². The lowest BCUT2D eigenvalue weighted by Crippen LogP contribution is -2.08. The largest absolute Gasteiger partial charge is 0.478 e. The van der Waals surface area contributed by atoms with E-state index in [-0.39, 0.29) is 11.6 Å². The maximum absolute atomic E-state index is 10.8. The molecule has 0 saturated carbocycles. The third kappa shape index (κ3) is 2.62. The summed E-state index contributed by atoms with van der Waals surface area (Å²) < 4.78 is 0. The van der Waals surface area contributed by atoms with E-state index in [1.807, 2.05) is 18.4 Å². The fraction of sp³-hybridized carbons (Fsp3) is 0.154. The maximum atomic E-state index is 10.8. The molecule has 0 amide bonds. The Morgan fingerprint density at radius 2 is 2.22 bits per heavy atom. The number of aromatic carboxylic acids is 1. The van der Waals surface area contributed by atoms with Crippen LogP contribution in [0, 0.1) is 0 Å². The fourth-order valence-corrected chi connectivity index (χ4v) is 2.42. The van der Waals surface area contributed by atoms with Gasteiger partial charge in [-0.15, -0.1) is 0 Å². The van der Waals surface area contributed by atoms with Gasteiger partial charge in [0.1, 0.15) is 0 Å². The van der Waals surface area contributed by atoms with Crippen LogP contribution in [0.3, 0.4) is 0 Å². The average Bonchev–Trinajstić information content (AvgIpc) is 2.85. The van der Waals surface area contributed by atoms with Crippen molar-refractivity contribution in [2.24, 2.45) is 0 Å². The normalized spacial score (nSPS) is 12.1. The second-order valence-electron chi connectivity index (χ2n) is 4.03. The zero-order chi connectivity index (χ0) is 13.1. The fourth-order valence-electron chi connectivity index (χ4n) is 1.67. The Kier molecular flexibility index (Phi) is 3.53. The first-order chi connectivity index (χ1) is 8.58. The molecule has 18 heavy (non-hydrogen) atoms. The van der Waals surface area contributed by atoms with E-state index in [0.29, 0.717) is 5.69 Å². The molecular weight excluding hydrogens is 248 g/mol. The van der Waals surface area contributed by atoms with E-state index in [9.17, 15) is 4.79 Å². The van der Waals surface area contributed by atoms with Gasteiger partial charge in [0.25, 0.3) is 0 Å². The number of carbonyl (C=O) groups is 1. The Labute approximate surface area is 109 Å². The van der Waals surface area contributed by atoms with E-state index < -0.39 is 5.97 Å². The molecule has 0 radical (unpaired) electrons. The zero-order valence-electron chi connectivity index (χ0n) is 9.88. The monoisotopic (exact) mass is 262 g/mol. The summed E-state index contributed by atoms with van der Waals surface area (Å²) in [6, 6.07) is 6.88. The minimum Gasteiger partial charge on any atom is -0.478 e. The molecule has 2 aromatic rings. The highest BCUT2D eigenvalue weighted by Crippen LogP contribution is 2.26. The first-order valence-corrected chi connectivity index (χ1v) is 6.43. The summed E-state index contributed by atoms with van der Waals surface area (Å²) in [4.78, 5) is 10.8. The van der Waals surface area contributed by atoms with Crippen molar-refractivity contribution in [3.63, 3.8) is 0 Å². The summed E-state index contributed by atoms with van der Waals surface area (Å²) in [6.07, 6.45) is 0. The number of nitrogens with one attached hydrogen (secondary N) is 1. The first kappa shape index (κ1) is 12.4. The quantitative estimate of drug-likeness (QED) is 0.740. The van der Waals surface area contributed by atoms with Crippen LogP contribution in [0.2, 0.25) is 0 Å². The molecule has 2 rings (SSSR count). The number of nitrogens with two attached hydrogens (primary N) is 1. The van der Waals surface area contributed by atoms with Crippen molar-refractivity contribution in [3.8, 4) is 0 Å². The van der Waals surface area contributed by atoms with Crippen molar-refractivity contribution in [1.82, 2.24) is 0 Å². The molecule has 0 saturated heterocycles. The Morgan fingerprint density at radius 1 is 1.44 bits per heavy atom. The van der Waals surface area contributed by atoms with Gasteiger partial charge in [0.05, 0.1) is 16.9 Å². The van der Waals surface area contributed by atoms with Gasteiger partial charge >= 0.3 is 5.97 Å². The maximum Gasteiger partial charge on any atom is 0.335 e. The van der Waals surface area contributed by atoms with Gasteiger partial charge in [0.15, 0.2) is 0 Å². The van der Waals surface area contributed by atoms with E-state index in [2.05, 4.69) is 10.7 Å². The Morgan fingerprint density at radius 3 is 2.78 bits per heavy atom. The molecule has 0 aliphatic heterocycles. The van der Waals surface area contributed by atoms with Gasteiger partial charge in [-0.2, -0.15) is 11.3 Å². The molecule has 1 heterocycles. The molecule has 1 atom stereocenters. The third-order valence-electron chi connectivity index (χ3n) is 2.71. The molecule has 4 nitrogen and oxygen atoms in total. The van der Waals surface area contributed by atoms with Crippen LogP contribution in [0.25, 0.3) is 0 Å². The number of anilines is 2. The molecule has 0 aliphatic rings. The average molecular weight is 262 g/mol. The lowest BCUT2D eigenvalue weighted by atomic mass is 10.1. The predicted molar refractivity (Wildman–Crippen MR) is 74.2 cm³/mol. The van der Waals surface area contributed by atoms with Crippen LogP contribution in [0.1, 0.15) is 28.9 Å². The van der Waals surface area contributed by atoms with Crippen molar-refractivity contribution in [2.45, 2.75) is 13.0 Å². The summed E-state index contributed by atoms with van der Waals surface area (Å²) in [6.45, 7) is 2.03. The number of benzene rings is 1. The first-order valence-electron chi connectivity index (χ1n) is 5.49. The molecular formula is C13H14N2O2S. The Hall–Kier alpha value is -2.01. The number of thiophene rings is 1. The summed E-state index contributed by atoms with van der Waals surface area (Å²) in [5.41, 5.74) is 8.41. The SMILES string of the molecule is CC(Nc1ccc(C(=O)O)cc1N)c1ccsc1. The van der Waals surface area contributed by atoms with Crippen LogP contribution in [-0.4, -0.2) is 11.1 Å². The van der Waals surface area contributed by atoms with Gasteiger partial charge in [-0.3, -0.25) is 0 Å². The molecule has 1 aromatic heterocycles. The van der Waals surface area contributed by atoms with Crippen LogP contribution in [0.15, 0.2) is 35.0 Å². The molecule has 0 aliphatic carbocycles. The van der Waals surface area contributed by atoms with E-state index >= 15 is 0 Å². The van der Waals surface area contributed by atoms with E-state index in [0.717, 1.165) is 5.69 Å². The minimum absolute atomic E-state index is 0.134. The lowest BCUT2D eigenvalue weighted by molar-refractivity contribution is 0.0697. The van der Waals surface area contributed by atoms with Crippen molar-refractivity contribution in [1.29, 1.82) is 0 Å². The highest BCUT2D eigenvalue weighted by molar-refractivity contribution is 7.07. The molecule has 1 aromatic carbocycles. The Bertz CT molecular complexity index is 552. The van der Waals surface area contributed by atoms with Crippen LogP contribution in [0.4, 0.5) is 11.4 Å². The van der Waals surface area contributed by atoms with Crippen LogP contribution >= 0.6 is 11.3 Å². The number of nitrogen functional groups attached to an aromatic ring is 1. The van der Waals surface area contributed by atoms with Crippen molar-refractivity contribution in [3.05, 3.63) is 46.2 Å². The van der Waals surface area contributed by atoms with Crippen LogP contribution in [0.5, 0.6) is 0 Å². The molecule has 0 fully saturated rings. The van der Waals surface area contributed by atoms with Crippen molar-refractivity contribution < 1.29 is 9.90 Å². The van der Waals surface area contributed by atoms with Gasteiger partial charge in [0.2, 0.25) is 0 Å². The summed E-state index contributed by atoms with van der Waals surface area (Å²) in [5, 5.41) is 16.2. The standard InChI is InChI=1S/C13H14N2O2S/c1-8(10-4-5-18-7-10)15-12-3-2-9(13(16)17)6-11(12)14/h2-8,15H,14H2,1H3,(H,16,17). The second-order valence-corrected chi connectivity index (χ2v) is 4.81. The number of carboxylic acids is 1. The van der Waals surface area contributed by atoms with Crippen LogP contribution in [-0.2, 0) is 0 Å². The van der Waals surface area contributed by atoms with Gasteiger partial charge in [-0.05, 0) is 47.5 Å². The van der Waals surface area contributed by atoms with Crippen LogP contribution < -0.4 is 11.1 Å². The molecule has 1 unspecified atom stereocenters. The molecule has 4 N–H and O–H groups in total. The third-order valence-corrected chi connectivity index (χ3v) is 3.42. The number of hydrogen-bond donors (Lipinski definition) is 3. The van der Waals surface area contributed by atoms with E-state index in [4.69, 9.17) is 10.8 Å². The topological polar surface area (TPSA) is 75.3 Å². The van der Waals surface area contributed by atoms with Crippen molar-refractivity contribution in [2.75, 3.05) is 11.1 Å². The second kappa shape index (κ2) is 5.10. The number of hydrogen-bond acceptors (Lipinski definition) is 4. The zero-order valence-corrected chi connectivity index (χ0v) is 10.7. The molecule has 0 spiro atoms. The van der Waals surface area contributed by atoms with Crippen molar-refractivity contribution >= 4 is 28.7 Å². The minimum atomic E-state index is -0.973. The summed E-state index contributed by atoms with van der Waals surface area (Å²) in [7, 11) is 0. The predicted octanol–water partition coefficient (Wildman–Crippen LogP) is 3.20. The van der Waals surface area contributed by atoms with E-state index in [1.54, 1.807) is 23.5 Å². The number of rotatable bonds is 4. The smallest absolute Gasteiger partial charge is 0.335 e. The Balaban J connectivity index is 2.17. The molecule has 94 valence electrons. The lowest BCUT2D eigenvalue weighted by Gasteiger charge is -2.16. The molecule has 0 bridgehead atoms. The molecule has 5 heteroatoms. The number of carboxylic acid groups (broad SMARTS) is 1. The highest BCUT2D eigenvalue weighted by Gasteiger charge is 2.10. The highest BCUT2D eigenvalue weighted by atomic mass is 32.1.